The van der Waals surface area contributed by atoms with E-state index < -0.39 is 17.3 Å². The van der Waals surface area contributed by atoms with Gasteiger partial charge in [-0.25, -0.2) is 8.78 Å². The molecule has 0 aromatic heterocycles. The molecular weight excluding hydrogens is 250 g/mol. The van der Waals surface area contributed by atoms with Crippen LogP contribution in [0, 0.1) is 17.6 Å². The molecule has 1 aliphatic rings. The molecule has 0 unspecified atom stereocenters. The number of amides is 1. The van der Waals surface area contributed by atoms with Crippen molar-refractivity contribution in [2.45, 2.75) is 25.7 Å². The maximum absolute atomic E-state index is 13.3. The Bertz CT molecular complexity index is 461. The van der Waals surface area contributed by atoms with Crippen LogP contribution in [0.5, 0.6) is 0 Å². The summed E-state index contributed by atoms with van der Waals surface area (Å²) in [6.45, 7) is 0.631. The van der Waals surface area contributed by atoms with Crippen molar-refractivity contribution in [1.82, 2.24) is 4.90 Å². The molecule has 5 heteroatoms. The van der Waals surface area contributed by atoms with E-state index >= 15 is 0 Å². The third-order valence-corrected chi connectivity index (χ3v) is 3.68. The summed E-state index contributed by atoms with van der Waals surface area (Å²) in [4.78, 5) is 13.6. The molecule has 2 N–H and O–H groups in total. The quantitative estimate of drug-likeness (QED) is 0.857. The average molecular weight is 268 g/mol. The van der Waals surface area contributed by atoms with Gasteiger partial charge in [0.05, 0.1) is 0 Å². The number of hydrogen-bond donors (Lipinski definition) is 1. The van der Waals surface area contributed by atoms with E-state index in [-0.39, 0.29) is 11.5 Å². The summed E-state index contributed by atoms with van der Waals surface area (Å²) in [5.74, 6) is -1.66. The predicted molar refractivity (Wildman–Crippen MR) is 69.7 cm³/mol. The molecule has 0 aliphatic heterocycles. The maximum atomic E-state index is 13.3. The smallest absolute Gasteiger partial charge is 0.253 e. The fraction of sp³-hybridized carbons (Fsp3) is 0.500. The summed E-state index contributed by atoms with van der Waals surface area (Å²) < 4.78 is 26.7. The Morgan fingerprint density at radius 2 is 1.84 bits per heavy atom. The molecule has 1 saturated carbocycles. The Morgan fingerprint density at radius 1 is 1.32 bits per heavy atom. The molecule has 0 bridgehead atoms. The van der Waals surface area contributed by atoms with Gasteiger partial charge in [-0.1, -0.05) is 12.8 Å². The van der Waals surface area contributed by atoms with E-state index in [0.717, 1.165) is 25.0 Å². The van der Waals surface area contributed by atoms with Crippen LogP contribution in [-0.2, 0) is 0 Å². The largest absolute Gasteiger partial charge is 0.394 e. The van der Waals surface area contributed by atoms with E-state index in [0.29, 0.717) is 12.5 Å². The lowest BCUT2D eigenvalue weighted by molar-refractivity contribution is 0.0772. The monoisotopic (exact) mass is 268 g/mol. The second-order valence-corrected chi connectivity index (χ2v) is 5.19. The minimum Gasteiger partial charge on any atom is -0.394 e. The number of carbonyl (C=O) groups is 1. The number of nitrogens with zero attached hydrogens (tertiary/aromatic N) is 1. The third kappa shape index (κ3) is 3.03. The van der Waals surface area contributed by atoms with Crippen molar-refractivity contribution < 1.29 is 13.6 Å². The Balaban J connectivity index is 2.10. The standard InChI is InChI=1S/C14H18F2N2O/c1-18(8-9-4-2-3-5-9)14(19)10-6-11(15)13(17)12(16)7-10/h6-7,9H,2-5,8,17H2,1H3. The van der Waals surface area contributed by atoms with Crippen LogP contribution < -0.4 is 5.73 Å². The molecule has 1 amide bonds. The van der Waals surface area contributed by atoms with Crippen molar-refractivity contribution in [3.8, 4) is 0 Å². The minimum absolute atomic E-state index is 0.00435. The number of anilines is 1. The molecule has 19 heavy (non-hydrogen) atoms. The zero-order valence-electron chi connectivity index (χ0n) is 11.0. The van der Waals surface area contributed by atoms with Gasteiger partial charge in [-0.2, -0.15) is 0 Å². The van der Waals surface area contributed by atoms with Gasteiger partial charge in [0.15, 0.2) is 0 Å². The van der Waals surface area contributed by atoms with Crippen molar-refractivity contribution in [1.29, 1.82) is 0 Å². The Morgan fingerprint density at radius 3 is 2.37 bits per heavy atom. The van der Waals surface area contributed by atoms with Gasteiger partial charge in [-0.3, -0.25) is 4.79 Å². The summed E-state index contributed by atoms with van der Waals surface area (Å²) in [5, 5.41) is 0. The van der Waals surface area contributed by atoms with E-state index in [1.54, 1.807) is 7.05 Å². The molecule has 1 aliphatic carbocycles. The number of benzene rings is 1. The number of halogens is 2. The number of nitrogen functional groups attached to an aromatic ring is 1. The van der Waals surface area contributed by atoms with E-state index in [4.69, 9.17) is 5.73 Å². The van der Waals surface area contributed by atoms with Crippen molar-refractivity contribution >= 4 is 11.6 Å². The van der Waals surface area contributed by atoms with Crippen LogP contribution in [0.25, 0.3) is 0 Å². The van der Waals surface area contributed by atoms with Gasteiger partial charge >= 0.3 is 0 Å². The molecule has 0 radical (unpaired) electrons. The molecule has 1 aromatic rings. The fourth-order valence-electron chi connectivity index (χ4n) is 2.59. The van der Waals surface area contributed by atoms with Crippen molar-refractivity contribution in [3.05, 3.63) is 29.3 Å². The van der Waals surface area contributed by atoms with Crippen LogP contribution in [0.4, 0.5) is 14.5 Å². The third-order valence-electron chi connectivity index (χ3n) is 3.68. The second-order valence-electron chi connectivity index (χ2n) is 5.19. The Labute approximate surface area is 111 Å². The van der Waals surface area contributed by atoms with Gasteiger partial charge in [0.25, 0.3) is 5.91 Å². The highest BCUT2D eigenvalue weighted by molar-refractivity contribution is 5.94. The van der Waals surface area contributed by atoms with Crippen LogP contribution in [0.1, 0.15) is 36.0 Å². The second kappa shape index (κ2) is 5.55. The summed E-state index contributed by atoms with van der Waals surface area (Å²) in [6, 6.07) is 1.98. The first-order valence-corrected chi connectivity index (χ1v) is 6.49. The lowest BCUT2D eigenvalue weighted by Crippen LogP contribution is -2.31. The Hall–Kier alpha value is -1.65. The normalized spacial score (nSPS) is 15.7. The molecule has 0 saturated heterocycles. The first kappa shape index (κ1) is 13.8. The molecule has 1 fully saturated rings. The van der Waals surface area contributed by atoms with Crippen molar-refractivity contribution in [2.75, 3.05) is 19.3 Å². The van der Waals surface area contributed by atoms with Crippen molar-refractivity contribution in [3.63, 3.8) is 0 Å². The number of rotatable bonds is 3. The zero-order chi connectivity index (χ0) is 14.0. The fourth-order valence-corrected chi connectivity index (χ4v) is 2.59. The SMILES string of the molecule is CN(CC1CCCC1)C(=O)c1cc(F)c(N)c(F)c1. The number of nitrogens with two attached hydrogens (primary N) is 1. The van der Waals surface area contributed by atoms with Crippen LogP contribution in [0.3, 0.4) is 0 Å². The first-order valence-electron chi connectivity index (χ1n) is 6.49. The molecule has 1 aromatic carbocycles. The first-order chi connectivity index (χ1) is 8.99. The predicted octanol–water partition coefficient (Wildman–Crippen LogP) is 2.81. The van der Waals surface area contributed by atoms with Gasteiger partial charge in [0, 0.05) is 19.2 Å². The lowest BCUT2D eigenvalue weighted by atomic mass is 10.1. The molecule has 0 atom stereocenters. The molecule has 2 rings (SSSR count). The molecule has 104 valence electrons. The highest BCUT2D eigenvalue weighted by Gasteiger charge is 2.21. The lowest BCUT2D eigenvalue weighted by Gasteiger charge is -2.21. The van der Waals surface area contributed by atoms with Crippen LogP contribution in [-0.4, -0.2) is 24.4 Å². The molecule has 0 spiro atoms. The van der Waals surface area contributed by atoms with Crippen LogP contribution in [0.15, 0.2) is 12.1 Å². The summed E-state index contributed by atoms with van der Waals surface area (Å²) in [5.41, 5.74) is 4.64. The molecule has 0 heterocycles. The highest BCUT2D eigenvalue weighted by Crippen LogP contribution is 2.26. The minimum atomic E-state index is -0.891. The zero-order valence-corrected chi connectivity index (χ0v) is 11.0. The molecular formula is C14H18F2N2O. The van der Waals surface area contributed by atoms with Gasteiger partial charge in [-0.05, 0) is 30.9 Å². The Kier molecular flexibility index (Phi) is 4.02. The van der Waals surface area contributed by atoms with Gasteiger partial charge in [0.2, 0.25) is 0 Å². The summed E-state index contributed by atoms with van der Waals surface area (Å²) >= 11 is 0. The number of carbonyl (C=O) groups excluding carboxylic acids is 1. The average Bonchev–Trinajstić information content (AvgIpc) is 2.87. The van der Waals surface area contributed by atoms with Gasteiger partial charge in [0.1, 0.15) is 17.3 Å². The summed E-state index contributed by atoms with van der Waals surface area (Å²) in [6.07, 6.45) is 4.61. The van der Waals surface area contributed by atoms with Crippen LogP contribution in [0.2, 0.25) is 0 Å². The maximum Gasteiger partial charge on any atom is 0.253 e. The number of hydrogen-bond acceptors (Lipinski definition) is 2. The topological polar surface area (TPSA) is 46.3 Å². The van der Waals surface area contributed by atoms with Gasteiger partial charge in [-0.15, -0.1) is 0 Å². The van der Waals surface area contributed by atoms with Crippen LogP contribution >= 0.6 is 0 Å². The van der Waals surface area contributed by atoms with Crippen molar-refractivity contribution in [2.24, 2.45) is 5.92 Å². The van der Waals surface area contributed by atoms with E-state index in [1.807, 2.05) is 0 Å². The van der Waals surface area contributed by atoms with E-state index in [1.165, 1.54) is 17.7 Å². The van der Waals surface area contributed by atoms with E-state index in [9.17, 15) is 13.6 Å². The summed E-state index contributed by atoms with van der Waals surface area (Å²) in [7, 11) is 1.66. The van der Waals surface area contributed by atoms with E-state index in [2.05, 4.69) is 0 Å². The van der Waals surface area contributed by atoms with Gasteiger partial charge < -0.3 is 10.6 Å². The molecule has 3 nitrogen and oxygen atoms in total. The highest BCUT2D eigenvalue weighted by atomic mass is 19.1.